The van der Waals surface area contributed by atoms with Crippen LogP contribution in [0.25, 0.3) is 0 Å². The van der Waals surface area contributed by atoms with E-state index in [0.717, 1.165) is 28.3 Å². The monoisotopic (exact) mass is 495 g/mol. The van der Waals surface area contributed by atoms with Crippen LogP contribution in [0.3, 0.4) is 0 Å². The maximum Gasteiger partial charge on any atom is 0.242 e. The largest absolute Gasteiger partial charge is 0.352 e. The van der Waals surface area contributed by atoms with Crippen molar-refractivity contribution in [3.8, 4) is 0 Å². The highest BCUT2D eigenvalue weighted by atomic mass is 32.2. The fraction of sp³-hybridized carbons (Fsp3) is 0.417. The normalized spacial score (nSPS) is 12.3. The molecule has 0 saturated heterocycles. The predicted molar refractivity (Wildman–Crippen MR) is 128 cm³/mol. The third-order valence-corrected chi connectivity index (χ3v) is 6.33. The highest BCUT2D eigenvalue weighted by molar-refractivity contribution is 7.92. The molecule has 0 spiro atoms. The molecule has 2 amide bonds. The van der Waals surface area contributed by atoms with Crippen LogP contribution in [0.1, 0.15) is 39.2 Å². The summed E-state index contributed by atoms with van der Waals surface area (Å²) < 4.78 is 52.3. The second kappa shape index (κ2) is 11.9. The minimum Gasteiger partial charge on any atom is -0.352 e. The van der Waals surface area contributed by atoms with Gasteiger partial charge >= 0.3 is 0 Å². The summed E-state index contributed by atoms with van der Waals surface area (Å²) in [6, 6.07) is 11.2. The topological polar surface area (TPSA) is 86.8 Å². The van der Waals surface area contributed by atoms with Crippen molar-refractivity contribution in [2.75, 3.05) is 17.1 Å². The van der Waals surface area contributed by atoms with Crippen LogP contribution < -0.4 is 9.62 Å². The smallest absolute Gasteiger partial charge is 0.242 e. The van der Waals surface area contributed by atoms with Crippen LogP contribution >= 0.6 is 0 Å². The molecule has 0 aliphatic heterocycles. The van der Waals surface area contributed by atoms with Gasteiger partial charge in [-0.15, -0.1) is 0 Å². The minimum atomic E-state index is -3.80. The van der Waals surface area contributed by atoms with E-state index in [-0.39, 0.29) is 49.5 Å². The maximum absolute atomic E-state index is 13.7. The number of carbonyl (C=O) groups is 2. The molecule has 0 saturated carbocycles. The Morgan fingerprint density at radius 2 is 1.65 bits per heavy atom. The first-order valence-electron chi connectivity index (χ1n) is 11.0. The van der Waals surface area contributed by atoms with Crippen molar-refractivity contribution in [2.45, 2.75) is 52.2 Å². The molecule has 1 atom stereocenters. The zero-order valence-corrected chi connectivity index (χ0v) is 20.6. The molecule has 186 valence electrons. The van der Waals surface area contributed by atoms with Crippen LogP contribution in [0.4, 0.5) is 14.5 Å². The fourth-order valence-corrected chi connectivity index (χ4v) is 4.37. The number of nitrogens with zero attached hydrogens (tertiary/aromatic N) is 2. The van der Waals surface area contributed by atoms with Crippen molar-refractivity contribution in [1.82, 2.24) is 10.2 Å². The number of halogens is 2. The van der Waals surface area contributed by atoms with Gasteiger partial charge in [0.2, 0.25) is 21.8 Å². The van der Waals surface area contributed by atoms with Crippen LogP contribution in [-0.4, -0.2) is 50.0 Å². The van der Waals surface area contributed by atoms with Crippen LogP contribution in [0.15, 0.2) is 48.5 Å². The van der Waals surface area contributed by atoms with Gasteiger partial charge in [0.05, 0.1) is 11.9 Å². The number of sulfonamides is 1. The molecule has 0 bridgehead atoms. The summed E-state index contributed by atoms with van der Waals surface area (Å²) in [6.45, 7) is 5.40. The molecule has 0 heterocycles. The highest BCUT2D eigenvalue weighted by Gasteiger charge is 2.27. The van der Waals surface area contributed by atoms with Gasteiger partial charge in [0.25, 0.3) is 0 Å². The standard InChI is InChI=1S/C24H31F2N3O4S/c1-17(2)27-24(31)18(3)28(16-19-9-6-5-7-10-19)23(30)11-8-14-29(34(4,32)33)20-12-13-21(25)22(26)15-20/h5-7,9-10,12-13,15,17-18H,8,11,14,16H2,1-4H3,(H,27,31)/t18-/m1/s1. The van der Waals surface area contributed by atoms with Crippen LogP contribution in [-0.2, 0) is 26.2 Å². The van der Waals surface area contributed by atoms with Gasteiger partial charge in [0.15, 0.2) is 11.6 Å². The van der Waals surface area contributed by atoms with E-state index < -0.39 is 27.7 Å². The Labute approximate surface area is 199 Å². The van der Waals surface area contributed by atoms with Crippen LogP contribution in [0.5, 0.6) is 0 Å². The average molecular weight is 496 g/mol. The summed E-state index contributed by atoms with van der Waals surface area (Å²) in [7, 11) is -3.80. The Morgan fingerprint density at radius 1 is 1.00 bits per heavy atom. The second-order valence-electron chi connectivity index (χ2n) is 8.38. The second-order valence-corrected chi connectivity index (χ2v) is 10.3. The number of anilines is 1. The molecule has 1 N–H and O–H groups in total. The fourth-order valence-electron chi connectivity index (χ4n) is 3.41. The molecule has 34 heavy (non-hydrogen) atoms. The van der Waals surface area contributed by atoms with E-state index in [1.807, 2.05) is 44.2 Å². The zero-order valence-electron chi connectivity index (χ0n) is 19.8. The summed E-state index contributed by atoms with van der Waals surface area (Å²) in [5.74, 6) is -2.87. The van der Waals surface area contributed by atoms with Gasteiger partial charge in [0.1, 0.15) is 6.04 Å². The number of nitrogens with one attached hydrogen (secondary N) is 1. The average Bonchev–Trinajstić information content (AvgIpc) is 2.76. The van der Waals surface area contributed by atoms with E-state index in [1.54, 1.807) is 6.92 Å². The van der Waals surface area contributed by atoms with E-state index in [4.69, 9.17) is 0 Å². The summed E-state index contributed by atoms with van der Waals surface area (Å²) in [4.78, 5) is 27.2. The predicted octanol–water partition coefficient (Wildman–Crippen LogP) is 3.45. The van der Waals surface area contributed by atoms with Gasteiger partial charge < -0.3 is 10.2 Å². The summed E-state index contributed by atoms with van der Waals surface area (Å²) >= 11 is 0. The number of benzene rings is 2. The molecule has 0 aromatic heterocycles. The first kappa shape index (κ1) is 27.2. The van der Waals surface area contributed by atoms with Gasteiger partial charge in [-0.1, -0.05) is 30.3 Å². The van der Waals surface area contributed by atoms with E-state index in [9.17, 15) is 26.8 Å². The van der Waals surface area contributed by atoms with Crippen molar-refractivity contribution in [3.63, 3.8) is 0 Å². The third kappa shape index (κ3) is 7.79. The van der Waals surface area contributed by atoms with Gasteiger partial charge in [-0.3, -0.25) is 13.9 Å². The van der Waals surface area contributed by atoms with E-state index in [2.05, 4.69) is 5.32 Å². The number of rotatable bonds is 11. The molecule has 0 aliphatic rings. The molecule has 0 unspecified atom stereocenters. The molecular formula is C24H31F2N3O4S. The number of hydrogen-bond donors (Lipinski definition) is 1. The van der Waals surface area contributed by atoms with Gasteiger partial charge in [-0.05, 0) is 44.9 Å². The Morgan fingerprint density at radius 3 is 2.21 bits per heavy atom. The van der Waals surface area contributed by atoms with E-state index >= 15 is 0 Å². The Bertz CT molecular complexity index is 1090. The zero-order chi connectivity index (χ0) is 25.5. The van der Waals surface area contributed by atoms with Gasteiger partial charge in [0, 0.05) is 31.6 Å². The van der Waals surface area contributed by atoms with Crippen molar-refractivity contribution >= 4 is 27.5 Å². The molecule has 2 aromatic rings. The highest BCUT2D eigenvalue weighted by Crippen LogP contribution is 2.21. The quantitative estimate of drug-likeness (QED) is 0.517. The van der Waals surface area contributed by atoms with Gasteiger partial charge in [-0.25, -0.2) is 17.2 Å². The Kier molecular flexibility index (Phi) is 9.55. The molecule has 0 aliphatic carbocycles. The number of amides is 2. The van der Waals surface area contributed by atoms with Crippen LogP contribution in [0, 0.1) is 11.6 Å². The first-order valence-corrected chi connectivity index (χ1v) is 12.8. The molecule has 10 heteroatoms. The molecule has 2 aromatic carbocycles. The Hall–Kier alpha value is -3.01. The molecule has 2 rings (SSSR count). The van der Waals surface area contributed by atoms with E-state index in [0.29, 0.717) is 0 Å². The van der Waals surface area contributed by atoms with Crippen molar-refractivity contribution in [2.24, 2.45) is 0 Å². The lowest BCUT2D eigenvalue weighted by Crippen LogP contribution is -2.49. The number of carbonyl (C=O) groups excluding carboxylic acids is 2. The molecule has 0 fully saturated rings. The molecule has 0 radical (unpaired) electrons. The van der Waals surface area contributed by atoms with Crippen molar-refractivity contribution in [3.05, 3.63) is 65.7 Å². The first-order chi connectivity index (χ1) is 15.9. The van der Waals surface area contributed by atoms with Crippen molar-refractivity contribution in [1.29, 1.82) is 0 Å². The Balaban J connectivity index is 2.16. The lowest BCUT2D eigenvalue weighted by molar-refractivity contribution is -0.140. The maximum atomic E-state index is 13.7. The van der Waals surface area contributed by atoms with Crippen molar-refractivity contribution < 1.29 is 26.8 Å². The third-order valence-electron chi connectivity index (χ3n) is 5.14. The van der Waals surface area contributed by atoms with E-state index in [1.165, 1.54) is 11.0 Å². The molecular weight excluding hydrogens is 464 g/mol. The summed E-state index contributed by atoms with van der Waals surface area (Å²) in [5.41, 5.74) is 0.819. The summed E-state index contributed by atoms with van der Waals surface area (Å²) in [5, 5.41) is 2.80. The van der Waals surface area contributed by atoms with Gasteiger partial charge in [-0.2, -0.15) is 0 Å². The lowest BCUT2D eigenvalue weighted by Gasteiger charge is -2.30. The minimum absolute atomic E-state index is 0.0281. The molecule has 7 nitrogen and oxygen atoms in total. The summed E-state index contributed by atoms with van der Waals surface area (Å²) in [6.07, 6.45) is 1.03. The van der Waals surface area contributed by atoms with Crippen LogP contribution in [0.2, 0.25) is 0 Å². The number of hydrogen-bond acceptors (Lipinski definition) is 4. The SMILES string of the molecule is CC(C)NC(=O)[C@@H](C)N(Cc1ccccc1)C(=O)CCCN(c1ccc(F)c(F)c1)S(C)(=O)=O. The lowest BCUT2D eigenvalue weighted by atomic mass is 10.1.